The Morgan fingerprint density at radius 1 is 1.57 bits per heavy atom. The van der Waals surface area contributed by atoms with Crippen molar-refractivity contribution in [2.45, 2.75) is 18.9 Å². The molecule has 0 aromatic carbocycles. The molecule has 78 valence electrons. The standard InChI is InChI=1S/C8H9ClF2N2O/c9-2-4-1-5(8(10)11)13-6(3-14)7(4)12/h1,8,14H,2-3,12H2. The van der Waals surface area contributed by atoms with E-state index in [9.17, 15) is 8.78 Å². The fraction of sp³-hybridized carbons (Fsp3) is 0.375. The van der Waals surface area contributed by atoms with Gasteiger partial charge in [-0.3, -0.25) is 0 Å². The Kier molecular flexibility index (Phi) is 3.60. The number of rotatable bonds is 3. The van der Waals surface area contributed by atoms with E-state index in [1.54, 1.807) is 0 Å². The van der Waals surface area contributed by atoms with Gasteiger partial charge in [0.05, 0.1) is 18.0 Å². The smallest absolute Gasteiger partial charge is 0.280 e. The molecule has 0 fully saturated rings. The van der Waals surface area contributed by atoms with Gasteiger partial charge < -0.3 is 10.8 Å². The van der Waals surface area contributed by atoms with Crippen LogP contribution in [0.15, 0.2) is 6.07 Å². The predicted molar refractivity (Wildman–Crippen MR) is 49.1 cm³/mol. The van der Waals surface area contributed by atoms with Crippen LogP contribution in [0.4, 0.5) is 14.5 Å². The van der Waals surface area contributed by atoms with Gasteiger partial charge >= 0.3 is 0 Å². The second-order valence-corrected chi connectivity index (χ2v) is 2.93. The molecular weight excluding hydrogens is 214 g/mol. The number of aliphatic hydroxyl groups excluding tert-OH is 1. The molecule has 0 atom stereocenters. The number of aliphatic hydroxyl groups is 1. The average molecular weight is 223 g/mol. The Morgan fingerprint density at radius 3 is 2.64 bits per heavy atom. The molecule has 0 saturated carbocycles. The summed E-state index contributed by atoms with van der Waals surface area (Å²) in [5.41, 5.74) is 5.68. The third-order valence-corrected chi connectivity index (χ3v) is 2.05. The highest BCUT2D eigenvalue weighted by Gasteiger charge is 2.14. The summed E-state index contributed by atoms with van der Waals surface area (Å²) < 4.78 is 24.6. The molecule has 14 heavy (non-hydrogen) atoms. The largest absolute Gasteiger partial charge is 0.397 e. The molecule has 1 rings (SSSR count). The van der Waals surface area contributed by atoms with Crippen LogP contribution in [0.1, 0.15) is 23.4 Å². The number of nitrogens with zero attached hydrogens (tertiary/aromatic N) is 1. The number of anilines is 1. The third kappa shape index (κ3) is 2.10. The molecule has 3 nitrogen and oxygen atoms in total. The zero-order chi connectivity index (χ0) is 10.7. The van der Waals surface area contributed by atoms with Crippen molar-refractivity contribution in [3.63, 3.8) is 0 Å². The number of pyridine rings is 1. The Hall–Kier alpha value is -0.940. The average Bonchev–Trinajstić information content (AvgIpc) is 2.17. The van der Waals surface area contributed by atoms with E-state index in [0.717, 1.165) is 6.07 Å². The van der Waals surface area contributed by atoms with E-state index in [1.807, 2.05) is 0 Å². The quantitative estimate of drug-likeness (QED) is 0.768. The molecule has 0 aliphatic rings. The summed E-state index contributed by atoms with van der Waals surface area (Å²) in [4.78, 5) is 3.52. The van der Waals surface area contributed by atoms with E-state index in [1.165, 1.54) is 0 Å². The normalized spacial score (nSPS) is 10.9. The van der Waals surface area contributed by atoms with E-state index < -0.39 is 18.7 Å². The van der Waals surface area contributed by atoms with E-state index in [-0.39, 0.29) is 17.3 Å². The van der Waals surface area contributed by atoms with Crippen LogP contribution in [0, 0.1) is 0 Å². The number of nitrogens with two attached hydrogens (primary N) is 1. The van der Waals surface area contributed by atoms with Crippen LogP contribution in [0.25, 0.3) is 0 Å². The lowest BCUT2D eigenvalue weighted by Gasteiger charge is -2.09. The zero-order valence-electron chi connectivity index (χ0n) is 7.17. The predicted octanol–water partition coefficient (Wildman–Crippen LogP) is 1.83. The molecule has 6 heteroatoms. The fourth-order valence-corrected chi connectivity index (χ4v) is 1.25. The summed E-state index contributed by atoms with van der Waals surface area (Å²) in [6.45, 7) is -0.476. The van der Waals surface area contributed by atoms with Crippen molar-refractivity contribution in [3.8, 4) is 0 Å². The molecule has 1 aromatic rings. The molecule has 0 radical (unpaired) electrons. The molecule has 0 bridgehead atoms. The molecule has 1 aromatic heterocycles. The Morgan fingerprint density at radius 2 is 2.21 bits per heavy atom. The Bertz CT molecular complexity index is 308. The SMILES string of the molecule is Nc1c(CCl)cc(C(F)F)nc1CO. The summed E-state index contributed by atoms with van der Waals surface area (Å²) in [6.07, 6.45) is -2.69. The molecular formula is C8H9ClF2N2O. The Labute approximate surface area is 84.5 Å². The van der Waals surface area contributed by atoms with Crippen molar-refractivity contribution < 1.29 is 13.9 Å². The van der Waals surface area contributed by atoms with Crippen molar-refractivity contribution in [1.82, 2.24) is 4.98 Å². The highest BCUT2D eigenvalue weighted by atomic mass is 35.5. The maximum Gasteiger partial charge on any atom is 0.280 e. The van der Waals surface area contributed by atoms with Crippen molar-refractivity contribution in [2.75, 3.05) is 5.73 Å². The van der Waals surface area contributed by atoms with Crippen molar-refractivity contribution in [3.05, 3.63) is 23.0 Å². The lowest BCUT2D eigenvalue weighted by Crippen LogP contribution is -2.05. The highest BCUT2D eigenvalue weighted by molar-refractivity contribution is 6.17. The number of alkyl halides is 3. The lowest BCUT2D eigenvalue weighted by atomic mass is 10.1. The van der Waals surface area contributed by atoms with Crippen molar-refractivity contribution in [2.24, 2.45) is 0 Å². The van der Waals surface area contributed by atoms with Crippen LogP contribution in [-0.2, 0) is 12.5 Å². The first-order chi connectivity index (χ1) is 6.60. The number of aromatic nitrogens is 1. The van der Waals surface area contributed by atoms with Crippen molar-refractivity contribution in [1.29, 1.82) is 0 Å². The van der Waals surface area contributed by atoms with Gasteiger partial charge in [0.1, 0.15) is 5.69 Å². The minimum absolute atomic E-state index is 0.0150. The maximum absolute atomic E-state index is 12.3. The fourth-order valence-electron chi connectivity index (χ4n) is 1.03. The lowest BCUT2D eigenvalue weighted by molar-refractivity contribution is 0.145. The van der Waals surface area contributed by atoms with Crippen LogP contribution in [0.5, 0.6) is 0 Å². The zero-order valence-corrected chi connectivity index (χ0v) is 7.93. The van der Waals surface area contributed by atoms with Gasteiger partial charge in [-0.2, -0.15) is 0 Å². The monoisotopic (exact) mass is 222 g/mol. The number of hydrogen-bond acceptors (Lipinski definition) is 3. The molecule has 0 saturated heterocycles. The van der Waals surface area contributed by atoms with E-state index in [0.29, 0.717) is 5.56 Å². The molecule has 0 amide bonds. The molecule has 1 heterocycles. The van der Waals surface area contributed by atoms with Crippen molar-refractivity contribution >= 4 is 17.3 Å². The summed E-state index contributed by atoms with van der Waals surface area (Å²) in [5.74, 6) is 0.0150. The topological polar surface area (TPSA) is 59.1 Å². The summed E-state index contributed by atoms with van der Waals surface area (Å²) >= 11 is 5.50. The van der Waals surface area contributed by atoms with Gasteiger partial charge in [0.2, 0.25) is 0 Å². The van der Waals surface area contributed by atoms with Crippen LogP contribution in [0.3, 0.4) is 0 Å². The minimum atomic E-state index is -2.69. The first kappa shape index (κ1) is 11.1. The maximum atomic E-state index is 12.3. The first-order valence-corrected chi connectivity index (χ1v) is 4.36. The second kappa shape index (κ2) is 4.52. The number of nitrogen functional groups attached to an aromatic ring is 1. The van der Waals surface area contributed by atoms with Crippen LogP contribution >= 0.6 is 11.6 Å². The van der Waals surface area contributed by atoms with E-state index >= 15 is 0 Å². The molecule has 0 aliphatic carbocycles. The van der Waals surface area contributed by atoms with Crippen LogP contribution < -0.4 is 5.73 Å². The van der Waals surface area contributed by atoms with Gasteiger partial charge in [0.25, 0.3) is 6.43 Å². The number of halogens is 3. The number of hydrogen-bond donors (Lipinski definition) is 2. The molecule has 3 N–H and O–H groups in total. The van der Waals surface area contributed by atoms with Crippen LogP contribution in [0.2, 0.25) is 0 Å². The molecule has 0 aliphatic heterocycles. The van der Waals surface area contributed by atoms with E-state index in [4.69, 9.17) is 22.4 Å². The molecule has 0 unspecified atom stereocenters. The Balaban J connectivity index is 3.25. The summed E-state index contributed by atoms with van der Waals surface area (Å²) in [5, 5.41) is 8.81. The van der Waals surface area contributed by atoms with Gasteiger partial charge in [-0.05, 0) is 11.6 Å². The highest BCUT2D eigenvalue weighted by Crippen LogP contribution is 2.24. The molecule has 0 spiro atoms. The van der Waals surface area contributed by atoms with Gasteiger partial charge in [0.15, 0.2) is 0 Å². The van der Waals surface area contributed by atoms with Gasteiger partial charge in [-0.25, -0.2) is 13.8 Å². The minimum Gasteiger partial charge on any atom is -0.397 e. The van der Waals surface area contributed by atoms with Gasteiger partial charge in [-0.1, -0.05) is 0 Å². The third-order valence-electron chi connectivity index (χ3n) is 1.76. The summed E-state index contributed by atoms with van der Waals surface area (Å²) in [7, 11) is 0. The van der Waals surface area contributed by atoms with E-state index in [2.05, 4.69) is 4.98 Å². The summed E-state index contributed by atoms with van der Waals surface area (Å²) in [6, 6.07) is 1.14. The van der Waals surface area contributed by atoms with Gasteiger partial charge in [-0.15, -0.1) is 11.6 Å². The second-order valence-electron chi connectivity index (χ2n) is 2.66. The van der Waals surface area contributed by atoms with Gasteiger partial charge in [0, 0.05) is 5.88 Å². The first-order valence-electron chi connectivity index (χ1n) is 3.83. The van der Waals surface area contributed by atoms with Crippen LogP contribution in [-0.4, -0.2) is 10.1 Å².